The number of hydrogen-bond acceptors (Lipinski definition) is 3. The molecule has 1 N–H and O–H groups in total. The largest absolute Gasteiger partial charge is 0.363 e. The van der Waals surface area contributed by atoms with E-state index < -0.39 is 5.67 Å². The van der Waals surface area contributed by atoms with E-state index >= 15 is 0 Å². The zero-order chi connectivity index (χ0) is 10.2. The number of nitrogens with zero attached hydrogens (tertiary/aromatic N) is 2. The van der Waals surface area contributed by atoms with Gasteiger partial charge in [-0.25, -0.2) is 9.37 Å². The van der Waals surface area contributed by atoms with Crippen molar-refractivity contribution in [2.24, 2.45) is 0 Å². The number of nitrogens with one attached hydrogen (secondary N) is 1. The number of alkyl halides is 1. The van der Waals surface area contributed by atoms with E-state index in [4.69, 9.17) is 0 Å². The van der Waals surface area contributed by atoms with Gasteiger partial charge in [-0.05, 0) is 6.07 Å². The summed E-state index contributed by atoms with van der Waals surface area (Å²) in [7, 11) is 3.83. The van der Waals surface area contributed by atoms with Crippen LogP contribution in [0.3, 0.4) is 0 Å². The number of anilines is 1. The Morgan fingerprint density at radius 2 is 2.14 bits per heavy atom. The Hall–Kier alpha value is -1.16. The van der Waals surface area contributed by atoms with Crippen LogP contribution in [0.15, 0.2) is 18.3 Å². The Kier molecular flexibility index (Phi) is 2.15. The summed E-state index contributed by atoms with van der Waals surface area (Å²) in [5, 5.41) is 2.92. The topological polar surface area (TPSA) is 28.2 Å². The molecule has 0 unspecified atom stereocenters. The second kappa shape index (κ2) is 3.20. The molecule has 76 valence electrons. The highest BCUT2D eigenvalue weighted by atomic mass is 19.1. The number of aromatic nitrogens is 1. The van der Waals surface area contributed by atoms with Gasteiger partial charge in [0.05, 0.1) is 0 Å². The molecule has 0 aromatic carbocycles. The van der Waals surface area contributed by atoms with Gasteiger partial charge < -0.3 is 10.2 Å². The van der Waals surface area contributed by atoms with Gasteiger partial charge in [0.2, 0.25) is 0 Å². The molecule has 0 amide bonds. The quantitative estimate of drug-likeness (QED) is 0.760. The third-order valence-corrected chi connectivity index (χ3v) is 2.53. The lowest BCUT2D eigenvalue weighted by atomic mass is 9.91. The Bertz CT molecular complexity index is 317. The summed E-state index contributed by atoms with van der Waals surface area (Å²) >= 11 is 0. The normalized spacial score (nSPS) is 18.8. The number of pyridine rings is 1. The molecular formula is C10H14FN3. The summed E-state index contributed by atoms with van der Waals surface area (Å²) in [6.45, 7) is 0.798. The molecule has 0 aliphatic carbocycles. The molecule has 14 heavy (non-hydrogen) atoms. The molecule has 0 bridgehead atoms. The van der Waals surface area contributed by atoms with E-state index in [0.29, 0.717) is 18.7 Å². The van der Waals surface area contributed by atoms with E-state index in [1.807, 2.05) is 31.1 Å². The third-order valence-electron chi connectivity index (χ3n) is 2.53. The molecule has 1 aliphatic heterocycles. The summed E-state index contributed by atoms with van der Waals surface area (Å²) < 4.78 is 13.9. The molecular weight excluding hydrogens is 181 g/mol. The lowest BCUT2D eigenvalue weighted by Gasteiger charge is -2.35. The first-order valence-corrected chi connectivity index (χ1v) is 4.65. The molecule has 0 atom stereocenters. The monoisotopic (exact) mass is 195 g/mol. The third kappa shape index (κ3) is 1.46. The highest BCUT2D eigenvalue weighted by Gasteiger charge is 2.38. The second-order valence-electron chi connectivity index (χ2n) is 3.87. The number of rotatable bonds is 2. The van der Waals surface area contributed by atoms with E-state index in [9.17, 15) is 4.39 Å². The predicted octanol–water partition coefficient (Wildman–Crippen LogP) is 0.916. The van der Waals surface area contributed by atoms with Crippen LogP contribution in [0.25, 0.3) is 0 Å². The van der Waals surface area contributed by atoms with Crippen molar-refractivity contribution in [3.8, 4) is 0 Å². The van der Waals surface area contributed by atoms with Gasteiger partial charge in [-0.1, -0.05) is 6.07 Å². The predicted molar refractivity (Wildman–Crippen MR) is 54.2 cm³/mol. The fourth-order valence-corrected chi connectivity index (χ4v) is 1.46. The minimum atomic E-state index is -1.20. The van der Waals surface area contributed by atoms with Crippen LogP contribution >= 0.6 is 0 Å². The second-order valence-corrected chi connectivity index (χ2v) is 3.87. The molecule has 0 radical (unpaired) electrons. The average molecular weight is 195 g/mol. The van der Waals surface area contributed by atoms with Gasteiger partial charge in [0, 0.05) is 38.9 Å². The SMILES string of the molecule is CN(C)c1ccc(C2(F)CNC2)cn1. The molecule has 1 aromatic heterocycles. The van der Waals surface area contributed by atoms with Gasteiger partial charge in [-0.15, -0.1) is 0 Å². The zero-order valence-corrected chi connectivity index (χ0v) is 8.42. The van der Waals surface area contributed by atoms with Crippen LogP contribution in [0.1, 0.15) is 5.56 Å². The first kappa shape index (κ1) is 9.40. The summed E-state index contributed by atoms with van der Waals surface area (Å²) in [6.07, 6.45) is 1.62. The van der Waals surface area contributed by atoms with Crippen LogP contribution in [0.4, 0.5) is 10.2 Å². The molecule has 2 heterocycles. The van der Waals surface area contributed by atoms with Crippen LogP contribution in [0.5, 0.6) is 0 Å². The van der Waals surface area contributed by atoms with Gasteiger partial charge in [0.1, 0.15) is 5.82 Å². The van der Waals surface area contributed by atoms with Crippen molar-refractivity contribution in [2.75, 3.05) is 32.1 Å². The van der Waals surface area contributed by atoms with E-state index in [1.54, 1.807) is 6.20 Å². The first-order valence-electron chi connectivity index (χ1n) is 4.65. The fraction of sp³-hybridized carbons (Fsp3) is 0.500. The Morgan fingerprint density at radius 3 is 2.50 bits per heavy atom. The summed E-state index contributed by atoms with van der Waals surface area (Å²) in [4.78, 5) is 6.08. The molecule has 1 fully saturated rings. The zero-order valence-electron chi connectivity index (χ0n) is 8.42. The molecule has 1 saturated heterocycles. The maximum Gasteiger partial charge on any atom is 0.162 e. The summed E-state index contributed by atoms with van der Waals surface area (Å²) in [5.74, 6) is 0.852. The van der Waals surface area contributed by atoms with E-state index in [1.165, 1.54) is 0 Å². The van der Waals surface area contributed by atoms with E-state index in [-0.39, 0.29) is 0 Å². The summed E-state index contributed by atoms with van der Waals surface area (Å²) in [5.41, 5.74) is -0.528. The van der Waals surface area contributed by atoms with Gasteiger partial charge >= 0.3 is 0 Å². The highest BCUT2D eigenvalue weighted by Crippen LogP contribution is 2.29. The molecule has 1 aromatic rings. The van der Waals surface area contributed by atoms with Crippen molar-refractivity contribution in [3.63, 3.8) is 0 Å². The smallest absolute Gasteiger partial charge is 0.162 e. The maximum atomic E-state index is 13.9. The van der Waals surface area contributed by atoms with Gasteiger partial charge in [-0.3, -0.25) is 0 Å². The molecule has 2 rings (SSSR count). The fourth-order valence-electron chi connectivity index (χ4n) is 1.46. The Balaban J connectivity index is 2.21. The first-order chi connectivity index (χ1) is 6.62. The standard InChI is InChI=1S/C10H14FN3/c1-14(2)9-4-3-8(5-13-9)10(11)6-12-7-10/h3-5,12H,6-7H2,1-2H3. The molecule has 0 spiro atoms. The van der Waals surface area contributed by atoms with Crippen LogP contribution < -0.4 is 10.2 Å². The highest BCUT2D eigenvalue weighted by molar-refractivity contribution is 5.39. The number of hydrogen-bond donors (Lipinski definition) is 1. The van der Waals surface area contributed by atoms with Crippen LogP contribution in [0, 0.1) is 0 Å². The van der Waals surface area contributed by atoms with Crippen molar-refractivity contribution < 1.29 is 4.39 Å². The maximum absolute atomic E-state index is 13.9. The van der Waals surface area contributed by atoms with Gasteiger partial charge in [0.15, 0.2) is 5.67 Å². The molecule has 3 nitrogen and oxygen atoms in total. The van der Waals surface area contributed by atoms with Crippen LogP contribution in [0.2, 0.25) is 0 Å². The minimum Gasteiger partial charge on any atom is -0.363 e. The van der Waals surface area contributed by atoms with Gasteiger partial charge in [0.25, 0.3) is 0 Å². The van der Waals surface area contributed by atoms with Crippen molar-refractivity contribution in [1.29, 1.82) is 0 Å². The van der Waals surface area contributed by atoms with E-state index in [0.717, 1.165) is 5.82 Å². The lowest BCUT2D eigenvalue weighted by Crippen LogP contribution is -2.53. The average Bonchev–Trinajstić information content (AvgIpc) is 2.14. The Morgan fingerprint density at radius 1 is 1.43 bits per heavy atom. The van der Waals surface area contributed by atoms with Crippen molar-refractivity contribution in [2.45, 2.75) is 5.67 Å². The molecule has 1 aliphatic rings. The van der Waals surface area contributed by atoms with Crippen molar-refractivity contribution in [1.82, 2.24) is 10.3 Å². The van der Waals surface area contributed by atoms with Crippen LogP contribution in [-0.4, -0.2) is 32.2 Å². The molecule has 0 saturated carbocycles. The minimum absolute atomic E-state index is 0.399. The summed E-state index contributed by atoms with van der Waals surface area (Å²) in [6, 6.07) is 3.65. The van der Waals surface area contributed by atoms with Crippen molar-refractivity contribution in [3.05, 3.63) is 23.9 Å². The Labute approximate surface area is 82.9 Å². The lowest BCUT2D eigenvalue weighted by molar-refractivity contribution is 0.0888. The molecule has 4 heteroatoms. The van der Waals surface area contributed by atoms with Crippen LogP contribution in [-0.2, 0) is 5.67 Å². The van der Waals surface area contributed by atoms with E-state index in [2.05, 4.69) is 10.3 Å². The number of halogens is 1. The van der Waals surface area contributed by atoms with Gasteiger partial charge in [-0.2, -0.15) is 0 Å². The van der Waals surface area contributed by atoms with Crippen molar-refractivity contribution >= 4 is 5.82 Å².